The van der Waals surface area contributed by atoms with Gasteiger partial charge in [0, 0.05) is 19.3 Å². The smallest absolute Gasteiger partial charge is 0.277 e. The van der Waals surface area contributed by atoms with Gasteiger partial charge in [-0.1, -0.05) is 36.4 Å². The molecule has 206 valence electrons. The lowest BCUT2D eigenvalue weighted by molar-refractivity contribution is 0.0712. The summed E-state index contributed by atoms with van der Waals surface area (Å²) in [4.78, 5) is 28.0. The summed E-state index contributed by atoms with van der Waals surface area (Å²) in [7, 11) is 1.53. The van der Waals surface area contributed by atoms with Gasteiger partial charge in [0.2, 0.25) is 5.43 Å². The number of hydrogen-bond donors (Lipinski definition) is 0. The van der Waals surface area contributed by atoms with Crippen molar-refractivity contribution in [3.05, 3.63) is 139 Å². The van der Waals surface area contributed by atoms with Crippen molar-refractivity contribution in [3.63, 3.8) is 0 Å². The van der Waals surface area contributed by atoms with Crippen LogP contribution in [0.3, 0.4) is 0 Å². The van der Waals surface area contributed by atoms with Crippen molar-refractivity contribution < 1.29 is 27.1 Å². The number of hydrogen-bond acceptors (Lipinski definition) is 4. The third-order valence-corrected chi connectivity index (χ3v) is 8.00. The first-order chi connectivity index (χ1) is 19.7. The van der Waals surface area contributed by atoms with Crippen molar-refractivity contribution in [2.75, 3.05) is 18.7 Å². The van der Waals surface area contributed by atoms with Crippen LogP contribution in [0.4, 0.5) is 17.6 Å². The first kappa shape index (κ1) is 25.1. The Balaban J connectivity index is 1.48. The standard InChI is InChI=1S/C31H21F4N3O3/c1-36-16-38(37-8-7-27(39)29(28(37)30(36)40)41-15-17-5-3-2-4-6-17)31-20(9-18-11-23(32)25(34)13-21(18)31)10-19-12-24(33)26(35)14-22(19)31/h2-9,11-14H,10,15-16H2,1H3. The summed E-state index contributed by atoms with van der Waals surface area (Å²) >= 11 is 0. The van der Waals surface area contributed by atoms with Crippen LogP contribution in [0.25, 0.3) is 6.08 Å². The van der Waals surface area contributed by atoms with Gasteiger partial charge in [-0.25, -0.2) is 17.6 Å². The van der Waals surface area contributed by atoms with Gasteiger partial charge in [0.05, 0.1) is 0 Å². The minimum atomic E-state index is -1.44. The van der Waals surface area contributed by atoms with E-state index in [9.17, 15) is 27.2 Å². The lowest BCUT2D eigenvalue weighted by Crippen LogP contribution is -2.61. The van der Waals surface area contributed by atoms with Crippen LogP contribution in [0.5, 0.6) is 5.75 Å². The Labute approximate surface area is 231 Å². The van der Waals surface area contributed by atoms with Crippen molar-refractivity contribution in [1.82, 2.24) is 9.58 Å². The number of halogens is 4. The molecule has 2 heterocycles. The highest BCUT2D eigenvalue weighted by Gasteiger charge is 2.56. The van der Waals surface area contributed by atoms with E-state index in [-0.39, 0.29) is 31.1 Å². The molecule has 1 atom stereocenters. The van der Waals surface area contributed by atoms with Gasteiger partial charge in [0.25, 0.3) is 5.91 Å². The van der Waals surface area contributed by atoms with E-state index in [4.69, 9.17) is 4.74 Å². The Morgan fingerprint density at radius 3 is 2.32 bits per heavy atom. The molecule has 1 aliphatic heterocycles. The lowest BCUT2D eigenvalue weighted by Gasteiger charge is -2.49. The minimum absolute atomic E-state index is 0.0149. The van der Waals surface area contributed by atoms with Gasteiger partial charge >= 0.3 is 0 Å². The van der Waals surface area contributed by atoms with E-state index in [0.717, 1.165) is 29.8 Å². The first-order valence-electron chi connectivity index (χ1n) is 12.8. The van der Waals surface area contributed by atoms with Gasteiger partial charge in [-0.3, -0.25) is 19.3 Å². The molecule has 4 aromatic rings. The Bertz CT molecular complexity index is 1870. The molecule has 0 saturated heterocycles. The molecular formula is C31H21F4N3O3. The number of ether oxygens (including phenoxy) is 1. The fourth-order valence-electron chi connectivity index (χ4n) is 6.23. The molecule has 3 aromatic carbocycles. The monoisotopic (exact) mass is 559 g/mol. The van der Waals surface area contributed by atoms with Crippen LogP contribution in [-0.4, -0.2) is 29.2 Å². The zero-order chi connectivity index (χ0) is 28.6. The van der Waals surface area contributed by atoms with Crippen LogP contribution in [0.1, 0.15) is 38.3 Å². The number of carbonyl (C=O) groups is 1. The third-order valence-electron chi connectivity index (χ3n) is 8.00. The molecule has 1 amide bonds. The molecule has 1 aromatic heterocycles. The molecule has 3 aliphatic rings. The summed E-state index contributed by atoms with van der Waals surface area (Å²) in [6.07, 6.45) is 3.25. The fraction of sp³-hybridized carbons (Fsp3) is 0.161. The van der Waals surface area contributed by atoms with Crippen LogP contribution < -0.4 is 15.2 Å². The van der Waals surface area contributed by atoms with E-state index in [1.54, 1.807) is 11.1 Å². The van der Waals surface area contributed by atoms with Crippen LogP contribution in [0.15, 0.2) is 77.2 Å². The average molecular weight is 560 g/mol. The maximum absolute atomic E-state index is 14.8. The predicted octanol–water partition coefficient (Wildman–Crippen LogP) is 4.86. The topological polar surface area (TPSA) is 54.8 Å². The Morgan fingerprint density at radius 2 is 1.56 bits per heavy atom. The highest BCUT2D eigenvalue weighted by molar-refractivity contribution is 5.96. The van der Waals surface area contributed by atoms with Gasteiger partial charge < -0.3 is 9.64 Å². The van der Waals surface area contributed by atoms with Crippen molar-refractivity contribution in [2.45, 2.75) is 18.6 Å². The molecule has 0 N–H and O–H groups in total. The van der Waals surface area contributed by atoms with Gasteiger partial charge in [-0.15, -0.1) is 0 Å². The summed E-state index contributed by atoms with van der Waals surface area (Å²) in [5, 5.41) is 1.68. The third kappa shape index (κ3) is 3.49. The van der Waals surface area contributed by atoms with Crippen LogP contribution in [0, 0.1) is 23.3 Å². The summed E-state index contributed by atoms with van der Waals surface area (Å²) in [5.74, 6) is -4.98. The van der Waals surface area contributed by atoms with Crippen molar-refractivity contribution >= 4 is 12.0 Å². The van der Waals surface area contributed by atoms with E-state index in [1.165, 1.54) is 28.9 Å². The molecule has 0 fully saturated rings. The number of fused-ring (bicyclic) bond motifs is 6. The van der Waals surface area contributed by atoms with E-state index in [2.05, 4.69) is 0 Å². The van der Waals surface area contributed by atoms with Crippen molar-refractivity contribution in [1.29, 1.82) is 0 Å². The lowest BCUT2D eigenvalue weighted by atomic mass is 9.83. The summed E-state index contributed by atoms with van der Waals surface area (Å²) < 4.78 is 65.8. The van der Waals surface area contributed by atoms with Gasteiger partial charge in [0.1, 0.15) is 18.8 Å². The number of nitrogens with zero attached hydrogens (tertiary/aromatic N) is 3. The number of carbonyl (C=O) groups excluding carboxylic acids is 1. The zero-order valence-electron chi connectivity index (χ0n) is 21.6. The maximum Gasteiger partial charge on any atom is 0.277 e. The first-order valence-corrected chi connectivity index (χ1v) is 12.8. The fourth-order valence-corrected chi connectivity index (χ4v) is 6.23. The average Bonchev–Trinajstić information content (AvgIpc) is 3.41. The van der Waals surface area contributed by atoms with E-state index >= 15 is 0 Å². The summed E-state index contributed by atoms with van der Waals surface area (Å²) in [5.41, 5.74) is 0.801. The normalized spacial score (nSPS) is 18.6. The number of amides is 1. The van der Waals surface area contributed by atoms with Crippen molar-refractivity contribution in [3.8, 4) is 5.75 Å². The molecule has 2 aliphatic carbocycles. The molecule has 1 unspecified atom stereocenters. The second-order valence-electron chi connectivity index (χ2n) is 10.4. The number of pyridine rings is 1. The minimum Gasteiger partial charge on any atom is -0.482 e. The van der Waals surface area contributed by atoms with Gasteiger partial charge in [-0.2, -0.15) is 0 Å². The second kappa shape index (κ2) is 8.82. The molecule has 6 nitrogen and oxygen atoms in total. The van der Waals surface area contributed by atoms with Crippen LogP contribution >= 0.6 is 0 Å². The summed E-state index contributed by atoms with van der Waals surface area (Å²) in [6, 6.07) is 14.6. The molecule has 10 heteroatoms. The maximum atomic E-state index is 14.8. The van der Waals surface area contributed by atoms with Gasteiger partial charge in [0.15, 0.2) is 34.7 Å². The molecule has 41 heavy (non-hydrogen) atoms. The van der Waals surface area contributed by atoms with E-state index in [0.29, 0.717) is 27.8 Å². The zero-order valence-corrected chi connectivity index (χ0v) is 21.6. The number of rotatable bonds is 4. The molecular weight excluding hydrogens is 538 g/mol. The van der Waals surface area contributed by atoms with E-state index in [1.807, 2.05) is 30.3 Å². The summed E-state index contributed by atoms with van der Waals surface area (Å²) in [6.45, 7) is -0.0674. The molecule has 0 bridgehead atoms. The quantitative estimate of drug-likeness (QED) is 0.335. The SMILES string of the molecule is CN1CN(C23C(=Cc4cc(F)c(F)cc42)Cc2cc(F)c(F)cc23)n2ccc(=O)c(OCc3ccccc3)c2C1=O. The van der Waals surface area contributed by atoms with Crippen molar-refractivity contribution in [2.24, 2.45) is 0 Å². The molecule has 0 radical (unpaired) electrons. The molecule has 0 spiro atoms. The van der Waals surface area contributed by atoms with Gasteiger partial charge in [-0.05, 0) is 64.1 Å². The Hall–Kier alpha value is -4.86. The molecule has 7 rings (SSSR count). The predicted molar refractivity (Wildman–Crippen MR) is 142 cm³/mol. The largest absolute Gasteiger partial charge is 0.482 e. The highest BCUT2D eigenvalue weighted by atomic mass is 19.2. The molecule has 0 saturated carbocycles. The number of aromatic nitrogens is 1. The van der Waals surface area contributed by atoms with Crippen LogP contribution in [-0.2, 0) is 18.6 Å². The van der Waals surface area contributed by atoms with E-state index < -0.39 is 40.1 Å². The highest BCUT2D eigenvalue weighted by Crippen LogP contribution is 2.56. The Morgan fingerprint density at radius 1 is 0.878 bits per heavy atom. The van der Waals surface area contributed by atoms with Crippen LogP contribution in [0.2, 0.25) is 0 Å². The Kier molecular flexibility index (Phi) is 5.41. The second-order valence-corrected chi connectivity index (χ2v) is 10.4. The number of benzene rings is 3.